The highest BCUT2D eigenvalue weighted by Gasteiger charge is 2.20. The molecule has 19 heavy (non-hydrogen) atoms. The molecule has 2 rings (SSSR count). The van der Waals surface area contributed by atoms with E-state index in [4.69, 9.17) is 0 Å². The Hall–Kier alpha value is -2.17. The van der Waals surface area contributed by atoms with Crippen molar-refractivity contribution >= 4 is 5.97 Å². The SMILES string of the molecule is Cn1nccc1CCC(C(=O)O)c1ccc(F)cc1. The largest absolute Gasteiger partial charge is 0.481 e. The summed E-state index contributed by atoms with van der Waals surface area (Å²) < 4.78 is 14.6. The lowest BCUT2D eigenvalue weighted by atomic mass is 9.93. The molecule has 0 aliphatic heterocycles. The number of hydrogen-bond acceptors (Lipinski definition) is 2. The number of rotatable bonds is 5. The maximum Gasteiger partial charge on any atom is 0.310 e. The zero-order valence-corrected chi connectivity index (χ0v) is 10.6. The summed E-state index contributed by atoms with van der Waals surface area (Å²) in [4.78, 5) is 11.3. The normalized spacial score (nSPS) is 12.3. The molecule has 1 aromatic heterocycles. The number of aryl methyl sites for hydroxylation is 2. The van der Waals surface area contributed by atoms with Gasteiger partial charge in [0.25, 0.3) is 0 Å². The van der Waals surface area contributed by atoms with E-state index in [1.165, 1.54) is 24.3 Å². The van der Waals surface area contributed by atoms with Gasteiger partial charge in [0, 0.05) is 18.9 Å². The van der Waals surface area contributed by atoms with Crippen molar-refractivity contribution in [2.24, 2.45) is 7.05 Å². The Morgan fingerprint density at radius 1 is 1.37 bits per heavy atom. The number of carboxylic acids is 1. The summed E-state index contributed by atoms with van der Waals surface area (Å²) in [7, 11) is 1.82. The van der Waals surface area contributed by atoms with Crippen molar-refractivity contribution in [2.75, 3.05) is 0 Å². The van der Waals surface area contributed by atoms with Gasteiger partial charge in [-0.05, 0) is 36.6 Å². The fourth-order valence-corrected chi connectivity index (χ4v) is 2.07. The molecule has 0 bridgehead atoms. The fourth-order valence-electron chi connectivity index (χ4n) is 2.07. The number of halogens is 1. The van der Waals surface area contributed by atoms with Gasteiger partial charge >= 0.3 is 5.97 Å². The maximum absolute atomic E-state index is 12.9. The van der Waals surface area contributed by atoms with Crippen LogP contribution in [0.5, 0.6) is 0 Å². The van der Waals surface area contributed by atoms with Crippen molar-refractivity contribution in [2.45, 2.75) is 18.8 Å². The van der Waals surface area contributed by atoms with Crippen molar-refractivity contribution in [1.29, 1.82) is 0 Å². The van der Waals surface area contributed by atoms with E-state index in [-0.39, 0.29) is 5.82 Å². The third-order valence-electron chi connectivity index (χ3n) is 3.18. The van der Waals surface area contributed by atoms with Gasteiger partial charge in [-0.1, -0.05) is 12.1 Å². The Bertz CT molecular complexity index is 563. The van der Waals surface area contributed by atoms with Gasteiger partial charge in [-0.2, -0.15) is 5.10 Å². The summed E-state index contributed by atoms with van der Waals surface area (Å²) >= 11 is 0. The second-order valence-corrected chi connectivity index (χ2v) is 4.43. The summed E-state index contributed by atoms with van der Waals surface area (Å²) in [6.45, 7) is 0. The summed E-state index contributed by atoms with van der Waals surface area (Å²) in [5.74, 6) is -1.89. The Balaban J connectivity index is 2.11. The molecular formula is C14H15FN2O2. The van der Waals surface area contributed by atoms with Gasteiger partial charge in [0.2, 0.25) is 0 Å². The number of aromatic nitrogens is 2. The van der Waals surface area contributed by atoms with Crippen molar-refractivity contribution in [3.8, 4) is 0 Å². The first-order chi connectivity index (χ1) is 9.08. The van der Waals surface area contributed by atoms with Crippen molar-refractivity contribution in [1.82, 2.24) is 9.78 Å². The molecule has 0 aliphatic rings. The van der Waals surface area contributed by atoms with E-state index in [0.29, 0.717) is 18.4 Å². The molecule has 4 nitrogen and oxygen atoms in total. The van der Waals surface area contributed by atoms with E-state index >= 15 is 0 Å². The Labute approximate surface area is 110 Å². The van der Waals surface area contributed by atoms with Crippen LogP contribution in [0.25, 0.3) is 0 Å². The molecule has 1 atom stereocenters. The number of nitrogens with zero attached hydrogens (tertiary/aromatic N) is 2. The van der Waals surface area contributed by atoms with Gasteiger partial charge in [-0.3, -0.25) is 9.48 Å². The van der Waals surface area contributed by atoms with Crippen LogP contribution in [0.15, 0.2) is 36.5 Å². The van der Waals surface area contributed by atoms with Gasteiger partial charge in [0.1, 0.15) is 5.82 Å². The molecule has 1 heterocycles. The van der Waals surface area contributed by atoms with E-state index in [1.54, 1.807) is 10.9 Å². The monoisotopic (exact) mass is 262 g/mol. The predicted octanol–water partition coefficient (Wildman–Crippen LogP) is 2.36. The first-order valence-electron chi connectivity index (χ1n) is 6.03. The minimum atomic E-state index is -0.895. The van der Waals surface area contributed by atoms with E-state index in [2.05, 4.69) is 5.10 Å². The Morgan fingerprint density at radius 2 is 2.05 bits per heavy atom. The average molecular weight is 262 g/mol. The zero-order chi connectivity index (χ0) is 13.8. The molecule has 1 unspecified atom stereocenters. The molecule has 100 valence electrons. The lowest BCUT2D eigenvalue weighted by molar-refractivity contribution is -0.139. The second-order valence-electron chi connectivity index (χ2n) is 4.43. The molecular weight excluding hydrogens is 247 g/mol. The molecule has 5 heteroatoms. The van der Waals surface area contributed by atoms with Crippen LogP contribution in [0.1, 0.15) is 23.6 Å². The Kier molecular flexibility index (Phi) is 3.94. The molecule has 0 saturated carbocycles. The van der Waals surface area contributed by atoms with Crippen molar-refractivity contribution < 1.29 is 14.3 Å². The first kappa shape index (κ1) is 13.3. The van der Waals surface area contributed by atoms with Gasteiger partial charge in [0.05, 0.1) is 5.92 Å². The van der Waals surface area contributed by atoms with Crippen LogP contribution in [0.4, 0.5) is 4.39 Å². The highest BCUT2D eigenvalue weighted by atomic mass is 19.1. The topological polar surface area (TPSA) is 55.1 Å². The van der Waals surface area contributed by atoms with E-state index in [0.717, 1.165) is 5.69 Å². The number of aliphatic carboxylic acids is 1. The molecule has 2 aromatic rings. The van der Waals surface area contributed by atoms with Crippen LogP contribution < -0.4 is 0 Å². The van der Waals surface area contributed by atoms with E-state index in [9.17, 15) is 14.3 Å². The van der Waals surface area contributed by atoms with Crippen molar-refractivity contribution in [3.63, 3.8) is 0 Å². The fraction of sp³-hybridized carbons (Fsp3) is 0.286. The quantitative estimate of drug-likeness (QED) is 0.900. The molecule has 0 spiro atoms. The minimum Gasteiger partial charge on any atom is -0.481 e. The van der Waals surface area contributed by atoms with E-state index < -0.39 is 11.9 Å². The first-order valence-corrected chi connectivity index (χ1v) is 6.03. The van der Waals surface area contributed by atoms with E-state index in [1.807, 2.05) is 13.1 Å². The number of hydrogen-bond donors (Lipinski definition) is 1. The summed E-state index contributed by atoms with van der Waals surface area (Å²) in [6.07, 6.45) is 2.76. The lowest BCUT2D eigenvalue weighted by Crippen LogP contribution is -2.13. The Morgan fingerprint density at radius 3 is 2.58 bits per heavy atom. The van der Waals surface area contributed by atoms with Crippen LogP contribution in [-0.4, -0.2) is 20.9 Å². The van der Waals surface area contributed by atoms with Gasteiger partial charge in [-0.15, -0.1) is 0 Å². The molecule has 0 radical (unpaired) electrons. The minimum absolute atomic E-state index is 0.362. The van der Waals surface area contributed by atoms with Gasteiger partial charge in [0.15, 0.2) is 0 Å². The lowest BCUT2D eigenvalue weighted by Gasteiger charge is -2.12. The van der Waals surface area contributed by atoms with Crippen LogP contribution in [0.2, 0.25) is 0 Å². The smallest absolute Gasteiger partial charge is 0.310 e. The number of carbonyl (C=O) groups is 1. The standard InChI is InChI=1S/C14H15FN2O2/c1-17-12(8-9-16-17)6-7-13(14(18)19)10-2-4-11(15)5-3-10/h2-5,8-9,13H,6-7H2,1H3,(H,18,19). The highest BCUT2D eigenvalue weighted by molar-refractivity contribution is 5.76. The van der Waals surface area contributed by atoms with Crippen LogP contribution in [-0.2, 0) is 18.3 Å². The van der Waals surface area contributed by atoms with Crippen LogP contribution >= 0.6 is 0 Å². The molecule has 0 fully saturated rings. The third-order valence-corrected chi connectivity index (χ3v) is 3.18. The third kappa shape index (κ3) is 3.19. The average Bonchev–Trinajstić information content (AvgIpc) is 2.77. The number of carboxylic acid groups (broad SMARTS) is 1. The summed E-state index contributed by atoms with van der Waals surface area (Å²) in [5.41, 5.74) is 1.60. The molecule has 0 aliphatic carbocycles. The molecule has 0 saturated heterocycles. The van der Waals surface area contributed by atoms with Crippen molar-refractivity contribution in [3.05, 3.63) is 53.6 Å². The maximum atomic E-state index is 12.9. The zero-order valence-electron chi connectivity index (χ0n) is 10.6. The molecule has 0 amide bonds. The summed E-state index contributed by atoms with van der Waals surface area (Å²) in [5, 5.41) is 13.3. The number of benzene rings is 1. The predicted molar refractivity (Wildman–Crippen MR) is 68.3 cm³/mol. The summed E-state index contributed by atoms with van der Waals surface area (Å²) in [6, 6.07) is 7.49. The molecule has 1 aromatic carbocycles. The van der Waals surface area contributed by atoms with Crippen LogP contribution in [0.3, 0.4) is 0 Å². The van der Waals surface area contributed by atoms with Gasteiger partial charge in [-0.25, -0.2) is 4.39 Å². The van der Waals surface area contributed by atoms with Crippen LogP contribution in [0, 0.1) is 5.82 Å². The van der Waals surface area contributed by atoms with Gasteiger partial charge < -0.3 is 5.11 Å². The highest BCUT2D eigenvalue weighted by Crippen LogP contribution is 2.22. The molecule has 1 N–H and O–H groups in total. The second kappa shape index (κ2) is 5.65.